The van der Waals surface area contributed by atoms with Crippen LogP contribution in [0.4, 0.5) is 0 Å². The Morgan fingerprint density at radius 2 is 1.77 bits per heavy atom. The van der Waals surface area contributed by atoms with Crippen LogP contribution in [0.5, 0.6) is 0 Å². The van der Waals surface area contributed by atoms with E-state index in [-0.39, 0.29) is 11.5 Å². The van der Waals surface area contributed by atoms with Crippen molar-refractivity contribution in [2.24, 2.45) is 4.99 Å². The van der Waals surface area contributed by atoms with E-state index in [1.165, 1.54) is 0 Å². The number of rotatable bonds is 6. The number of aliphatic imine (C=N–C) groups is 1. The lowest BCUT2D eigenvalue weighted by atomic mass is 10.1. The molecule has 0 bridgehead atoms. The van der Waals surface area contributed by atoms with Crippen LogP contribution in [0.25, 0.3) is 23.1 Å². The number of hydrogen-bond donors (Lipinski definition) is 1. The molecule has 1 aliphatic heterocycles. The van der Waals surface area contributed by atoms with Crippen molar-refractivity contribution in [3.05, 3.63) is 83.7 Å². The fourth-order valence-corrected chi connectivity index (χ4v) is 3.45. The molecule has 4 rings (SSSR count). The molecule has 0 aliphatic carbocycles. The van der Waals surface area contributed by atoms with E-state index < -0.39 is 0 Å². The molecule has 0 unspecified atom stereocenters. The van der Waals surface area contributed by atoms with Gasteiger partial charge in [-0.1, -0.05) is 54.6 Å². The molecule has 31 heavy (non-hydrogen) atoms. The first kappa shape index (κ1) is 20.8. The molecule has 1 N–H and O–H groups in total. The van der Waals surface area contributed by atoms with Crippen LogP contribution in [0, 0.1) is 0 Å². The summed E-state index contributed by atoms with van der Waals surface area (Å²) in [4.78, 5) is 22.8. The summed E-state index contributed by atoms with van der Waals surface area (Å²) in [5, 5.41) is 1.06. The van der Waals surface area contributed by atoms with Crippen LogP contribution in [0.2, 0.25) is 0 Å². The van der Waals surface area contributed by atoms with Gasteiger partial charge in [0.15, 0.2) is 0 Å². The number of para-hydroxylation sites is 1. The minimum atomic E-state index is -0.261. The van der Waals surface area contributed by atoms with Crippen molar-refractivity contribution in [3.8, 4) is 0 Å². The van der Waals surface area contributed by atoms with E-state index in [0.717, 1.165) is 22.0 Å². The second kappa shape index (κ2) is 8.74. The quantitative estimate of drug-likeness (QED) is 0.559. The zero-order valence-corrected chi connectivity index (χ0v) is 18.1. The van der Waals surface area contributed by atoms with E-state index in [9.17, 15) is 4.79 Å². The molecular weight excluding hydrogens is 386 g/mol. The minimum Gasteiger partial charge on any atom is -0.374 e. The predicted molar refractivity (Wildman–Crippen MR) is 127 cm³/mol. The van der Waals surface area contributed by atoms with Gasteiger partial charge in [0.2, 0.25) is 0 Å². The van der Waals surface area contributed by atoms with Crippen molar-refractivity contribution >= 4 is 34.8 Å². The van der Waals surface area contributed by atoms with Gasteiger partial charge in [-0.3, -0.25) is 9.69 Å². The number of amides is 1. The Hall–Kier alpha value is -3.44. The van der Waals surface area contributed by atoms with Crippen molar-refractivity contribution in [1.82, 2.24) is 9.88 Å². The van der Waals surface area contributed by atoms with Gasteiger partial charge in [-0.05, 0) is 44.6 Å². The Morgan fingerprint density at radius 1 is 1.03 bits per heavy atom. The molecule has 2 heterocycles. The average molecular weight is 414 g/mol. The number of nitrogens with one attached hydrogen (secondary N) is 1. The van der Waals surface area contributed by atoms with Crippen molar-refractivity contribution in [1.29, 1.82) is 0 Å². The fourth-order valence-electron chi connectivity index (χ4n) is 3.45. The number of aromatic amines is 1. The van der Waals surface area contributed by atoms with Crippen LogP contribution in [0.15, 0.2) is 77.6 Å². The molecular formula is C26H27N3O2. The SMILES string of the molecule is CC(C)(C)OCCN1C(=O)/C(=C/c2c[nH]c3ccccc23)N=C1/C=C/c1ccccc1. The van der Waals surface area contributed by atoms with Gasteiger partial charge in [0.05, 0.1) is 18.8 Å². The summed E-state index contributed by atoms with van der Waals surface area (Å²) < 4.78 is 5.85. The van der Waals surface area contributed by atoms with E-state index in [0.29, 0.717) is 24.7 Å². The summed E-state index contributed by atoms with van der Waals surface area (Å²) in [5.74, 6) is 0.507. The number of fused-ring (bicyclic) bond motifs is 1. The van der Waals surface area contributed by atoms with Gasteiger partial charge in [0.1, 0.15) is 11.5 Å². The number of amidine groups is 1. The van der Waals surface area contributed by atoms with Crippen molar-refractivity contribution in [3.63, 3.8) is 0 Å². The second-order valence-corrected chi connectivity index (χ2v) is 8.45. The summed E-state index contributed by atoms with van der Waals surface area (Å²) in [6.45, 7) is 6.90. The number of aromatic nitrogens is 1. The van der Waals surface area contributed by atoms with Gasteiger partial charge in [-0.25, -0.2) is 4.99 Å². The summed E-state index contributed by atoms with van der Waals surface area (Å²) in [6, 6.07) is 18.0. The number of ether oxygens (including phenoxy) is 1. The monoisotopic (exact) mass is 413 g/mol. The van der Waals surface area contributed by atoms with Gasteiger partial charge in [0.25, 0.3) is 5.91 Å². The molecule has 1 aliphatic rings. The Morgan fingerprint density at radius 3 is 2.55 bits per heavy atom. The molecule has 158 valence electrons. The van der Waals surface area contributed by atoms with Crippen molar-refractivity contribution in [2.45, 2.75) is 26.4 Å². The first-order valence-corrected chi connectivity index (χ1v) is 10.5. The molecule has 0 atom stereocenters. The Labute approximate surface area is 182 Å². The van der Waals surface area contributed by atoms with E-state index in [1.807, 2.05) is 99.8 Å². The molecule has 0 saturated carbocycles. The molecule has 0 saturated heterocycles. The van der Waals surface area contributed by atoms with Crippen LogP contribution in [-0.2, 0) is 9.53 Å². The molecule has 0 fully saturated rings. The predicted octanol–water partition coefficient (Wildman–Crippen LogP) is 5.28. The lowest BCUT2D eigenvalue weighted by Gasteiger charge is -2.22. The molecule has 5 heteroatoms. The number of carbonyl (C=O) groups excluding carboxylic acids is 1. The summed E-state index contributed by atoms with van der Waals surface area (Å²) in [6.07, 6.45) is 7.62. The van der Waals surface area contributed by atoms with Crippen molar-refractivity contribution < 1.29 is 9.53 Å². The Kier molecular flexibility index (Phi) is 5.87. The second-order valence-electron chi connectivity index (χ2n) is 8.45. The smallest absolute Gasteiger partial charge is 0.278 e. The molecule has 0 spiro atoms. The zero-order valence-electron chi connectivity index (χ0n) is 18.1. The first-order chi connectivity index (χ1) is 14.9. The number of hydrogen-bond acceptors (Lipinski definition) is 3. The Bertz CT molecular complexity index is 1160. The maximum atomic E-state index is 13.2. The van der Waals surface area contributed by atoms with E-state index in [4.69, 9.17) is 4.74 Å². The van der Waals surface area contributed by atoms with Crippen LogP contribution in [-0.4, -0.2) is 40.4 Å². The molecule has 5 nitrogen and oxygen atoms in total. The normalized spacial score (nSPS) is 16.1. The third-order valence-corrected chi connectivity index (χ3v) is 4.96. The highest BCUT2D eigenvalue weighted by Crippen LogP contribution is 2.24. The highest BCUT2D eigenvalue weighted by atomic mass is 16.5. The third kappa shape index (κ3) is 5.01. The summed E-state index contributed by atoms with van der Waals surface area (Å²) in [7, 11) is 0. The molecule has 0 radical (unpaired) electrons. The van der Waals surface area contributed by atoms with Crippen LogP contribution >= 0.6 is 0 Å². The van der Waals surface area contributed by atoms with Gasteiger partial charge >= 0.3 is 0 Å². The number of H-pyrrole nitrogens is 1. The highest BCUT2D eigenvalue weighted by Gasteiger charge is 2.29. The lowest BCUT2D eigenvalue weighted by Crippen LogP contribution is -2.36. The fraction of sp³-hybridized carbons (Fsp3) is 0.231. The van der Waals surface area contributed by atoms with Gasteiger partial charge in [0, 0.05) is 22.7 Å². The molecule has 2 aromatic carbocycles. The summed E-state index contributed by atoms with van der Waals surface area (Å²) in [5.41, 5.74) is 3.19. The minimum absolute atomic E-state index is 0.115. The molecule has 3 aromatic rings. The van der Waals surface area contributed by atoms with Gasteiger partial charge in [-0.15, -0.1) is 0 Å². The van der Waals surface area contributed by atoms with Crippen LogP contribution in [0.3, 0.4) is 0 Å². The largest absolute Gasteiger partial charge is 0.374 e. The van der Waals surface area contributed by atoms with Gasteiger partial charge in [-0.2, -0.15) is 0 Å². The zero-order chi connectivity index (χ0) is 21.8. The molecule has 1 amide bonds. The maximum Gasteiger partial charge on any atom is 0.278 e. The Balaban J connectivity index is 1.63. The number of nitrogens with zero attached hydrogens (tertiary/aromatic N) is 2. The van der Waals surface area contributed by atoms with Crippen LogP contribution < -0.4 is 0 Å². The lowest BCUT2D eigenvalue weighted by molar-refractivity contribution is -0.123. The standard InChI is InChI=1S/C26H27N3O2/c1-26(2,3)31-16-15-29-24(14-13-19-9-5-4-6-10-19)28-23(25(29)30)17-20-18-27-22-12-8-7-11-21(20)22/h4-14,17-18,27H,15-16H2,1-3H3/b14-13+,23-17-. The first-order valence-electron chi connectivity index (χ1n) is 10.5. The highest BCUT2D eigenvalue weighted by molar-refractivity contribution is 6.19. The maximum absolute atomic E-state index is 13.2. The van der Waals surface area contributed by atoms with E-state index in [1.54, 1.807) is 4.90 Å². The number of benzene rings is 2. The summed E-state index contributed by atoms with van der Waals surface area (Å²) >= 11 is 0. The van der Waals surface area contributed by atoms with Crippen LogP contribution in [0.1, 0.15) is 31.9 Å². The van der Waals surface area contributed by atoms with Gasteiger partial charge < -0.3 is 9.72 Å². The average Bonchev–Trinajstić information content (AvgIpc) is 3.29. The third-order valence-electron chi connectivity index (χ3n) is 4.96. The topological polar surface area (TPSA) is 57.7 Å². The molecule has 1 aromatic heterocycles. The van der Waals surface area contributed by atoms with E-state index >= 15 is 0 Å². The van der Waals surface area contributed by atoms with Crippen molar-refractivity contribution in [2.75, 3.05) is 13.2 Å². The number of carbonyl (C=O) groups is 1. The van der Waals surface area contributed by atoms with E-state index in [2.05, 4.69) is 9.98 Å².